The highest BCUT2D eigenvalue weighted by Crippen LogP contribution is 2.34. The average Bonchev–Trinajstić information content (AvgIpc) is 3.99. The van der Waals surface area contributed by atoms with Crippen LogP contribution in [0.4, 0.5) is 0 Å². The van der Waals surface area contributed by atoms with Crippen molar-refractivity contribution in [2.45, 2.75) is 6.42 Å². The van der Waals surface area contributed by atoms with Crippen molar-refractivity contribution in [2.75, 3.05) is 66.5 Å². The fraction of sp³-hybridized carbons (Fsp3) is 0.256. The van der Waals surface area contributed by atoms with Crippen LogP contribution in [0.3, 0.4) is 0 Å². The normalized spacial score (nSPS) is 13.5. The minimum atomic E-state index is -0.455. The Kier molecular flexibility index (Phi) is 10.8. The lowest BCUT2D eigenvalue weighted by atomic mass is 9.93. The van der Waals surface area contributed by atoms with Gasteiger partial charge in [0.2, 0.25) is 11.8 Å². The van der Waals surface area contributed by atoms with Gasteiger partial charge in [-0.1, -0.05) is 24.3 Å². The summed E-state index contributed by atoms with van der Waals surface area (Å²) in [5.74, 6) is -2.27. The Morgan fingerprint density at radius 3 is 1.39 bits per heavy atom. The second-order valence-electron chi connectivity index (χ2n) is 14.4. The van der Waals surface area contributed by atoms with Gasteiger partial charge in [0.1, 0.15) is 0 Å². The van der Waals surface area contributed by atoms with E-state index in [1.54, 1.807) is 107 Å². The standard InChI is InChI=1S/C43H42N10O6/c1-44-24-36(54)48(16-18-52-40(56)32-8-3-6-28-20-30(50-14-10-46-26-50)22-34(38(28)32)42(52)58)12-5-13-49(37(55)25-45-2)17-19-53-41(57)33-9-4-7-29-21-31(51-15-11-47-27-51)23-35(39(29)33)43(53)59/h3-4,6-11,14-15,20-23,26-27,44-45H,5,12-13,16-19,24-25H2,1-2H3. The number of imidazole rings is 2. The zero-order valence-electron chi connectivity index (χ0n) is 32.6. The molecule has 0 bridgehead atoms. The first kappa shape index (κ1) is 38.8. The number of aromatic nitrogens is 4. The minimum absolute atomic E-state index is 0.0245. The summed E-state index contributed by atoms with van der Waals surface area (Å²) in [6.07, 6.45) is 10.5. The molecule has 0 atom stereocenters. The summed E-state index contributed by atoms with van der Waals surface area (Å²) in [5, 5.41) is 8.45. The molecule has 0 aliphatic carbocycles. The number of carbonyl (C=O) groups is 6. The second-order valence-corrected chi connectivity index (χ2v) is 14.4. The van der Waals surface area contributed by atoms with Gasteiger partial charge in [-0.3, -0.25) is 38.6 Å². The first-order valence-electron chi connectivity index (χ1n) is 19.4. The molecule has 0 spiro atoms. The molecule has 0 unspecified atom stereocenters. The third-order valence-electron chi connectivity index (χ3n) is 10.8. The number of hydrogen-bond acceptors (Lipinski definition) is 10. The van der Waals surface area contributed by atoms with E-state index in [1.165, 1.54) is 9.80 Å². The summed E-state index contributed by atoms with van der Waals surface area (Å²) < 4.78 is 3.58. The van der Waals surface area contributed by atoms with Crippen LogP contribution in [0.15, 0.2) is 98.1 Å². The third-order valence-corrected chi connectivity index (χ3v) is 10.8. The number of likely N-dealkylation sites (N-methyl/N-ethyl adjacent to an activating group) is 2. The molecule has 0 saturated heterocycles. The Hall–Kier alpha value is -7.04. The van der Waals surface area contributed by atoms with Gasteiger partial charge in [0.25, 0.3) is 23.6 Å². The van der Waals surface area contributed by atoms with Crippen LogP contribution in [-0.2, 0) is 9.59 Å². The number of nitrogens with one attached hydrogen (secondary N) is 2. The highest BCUT2D eigenvalue weighted by Gasteiger charge is 2.35. The third kappa shape index (κ3) is 7.35. The number of nitrogens with zero attached hydrogens (tertiary/aromatic N) is 8. The molecule has 16 heteroatoms. The molecule has 2 N–H and O–H groups in total. The number of rotatable bonds is 16. The summed E-state index contributed by atoms with van der Waals surface area (Å²) in [7, 11) is 3.31. The zero-order valence-corrected chi connectivity index (χ0v) is 32.6. The monoisotopic (exact) mass is 794 g/mol. The molecular weight excluding hydrogens is 753 g/mol. The first-order chi connectivity index (χ1) is 28.7. The van der Waals surface area contributed by atoms with Crippen LogP contribution in [0, 0.1) is 0 Å². The molecule has 2 aliphatic rings. The smallest absolute Gasteiger partial charge is 0.261 e. The van der Waals surface area contributed by atoms with E-state index < -0.39 is 23.6 Å². The Balaban J connectivity index is 0.961. The summed E-state index contributed by atoms with van der Waals surface area (Å²) in [5.41, 5.74) is 3.04. The fourth-order valence-electron chi connectivity index (χ4n) is 7.95. The van der Waals surface area contributed by atoms with Crippen molar-refractivity contribution in [1.29, 1.82) is 0 Å². The highest BCUT2D eigenvalue weighted by molar-refractivity contribution is 6.26. The van der Waals surface area contributed by atoms with E-state index in [0.29, 0.717) is 39.4 Å². The fourth-order valence-corrected chi connectivity index (χ4v) is 7.95. The lowest BCUT2D eigenvalue weighted by molar-refractivity contribution is -0.131. The van der Waals surface area contributed by atoms with Gasteiger partial charge in [-0.2, -0.15) is 0 Å². The van der Waals surface area contributed by atoms with E-state index in [1.807, 2.05) is 24.3 Å². The number of benzene rings is 4. The van der Waals surface area contributed by atoms with Crippen molar-refractivity contribution in [2.24, 2.45) is 0 Å². The molecule has 2 aromatic heterocycles. The van der Waals surface area contributed by atoms with E-state index in [2.05, 4.69) is 20.6 Å². The molecule has 8 rings (SSSR count). The summed E-state index contributed by atoms with van der Waals surface area (Å²) in [4.78, 5) is 96.1. The molecule has 6 aromatic rings. The minimum Gasteiger partial charge on any atom is -0.340 e. The maximum atomic E-state index is 14.0. The Labute approximate surface area is 339 Å². The predicted molar refractivity (Wildman–Crippen MR) is 219 cm³/mol. The van der Waals surface area contributed by atoms with E-state index in [9.17, 15) is 28.8 Å². The summed E-state index contributed by atoms with van der Waals surface area (Å²) >= 11 is 0. The van der Waals surface area contributed by atoms with Crippen LogP contribution in [0.2, 0.25) is 0 Å². The molecule has 0 radical (unpaired) electrons. The number of imide groups is 2. The van der Waals surface area contributed by atoms with E-state index in [-0.39, 0.29) is 64.2 Å². The van der Waals surface area contributed by atoms with Crippen LogP contribution in [-0.4, -0.2) is 141 Å². The van der Waals surface area contributed by atoms with Gasteiger partial charge in [-0.15, -0.1) is 0 Å². The first-order valence-corrected chi connectivity index (χ1v) is 19.4. The molecule has 300 valence electrons. The molecule has 0 saturated carbocycles. The van der Waals surface area contributed by atoms with Crippen LogP contribution < -0.4 is 10.6 Å². The predicted octanol–water partition coefficient (Wildman–Crippen LogP) is 2.74. The average molecular weight is 795 g/mol. The lowest BCUT2D eigenvalue weighted by Gasteiger charge is -2.32. The largest absolute Gasteiger partial charge is 0.340 e. The van der Waals surface area contributed by atoms with Crippen LogP contribution >= 0.6 is 0 Å². The van der Waals surface area contributed by atoms with Gasteiger partial charge in [-0.25, -0.2) is 9.97 Å². The van der Waals surface area contributed by atoms with Crippen molar-refractivity contribution >= 4 is 57.0 Å². The summed E-state index contributed by atoms with van der Waals surface area (Å²) in [6, 6.07) is 18.0. The van der Waals surface area contributed by atoms with E-state index in [4.69, 9.17) is 0 Å². The molecule has 6 amide bonds. The SMILES string of the molecule is CNCC(=O)N(CCCN(CCN1C(=O)c2cccc3cc(-n4ccnc4)cc(c23)C1=O)C(=O)CNC)CCN1C(=O)c2cccc3cc(-n4ccnc4)cc(c23)C1=O. The van der Waals surface area contributed by atoms with Crippen molar-refractivity contribution in [3.63, 3.8) is 0 Å². The molecule has 2 aliphatic heterocycles. The number of amides is 6. The van der Waals surface area contributed by atoms with Gasteiger partial charge in [0.05, 0.1) is 36.9 Å². The van der Waals surface area contributed by atoms with Gasteiger partial charge in [0, 0.05) is 97.3 Å². The molecular formula is C43H42N10O6. The highest BCUT2D eigenvalue weighted by atomic mass is 16.2. The van der Waals surface area contributed by atoms with E-state index >= 15 is 0 Å². The van der Waals surface area contributed by atoms with Crippen LogP contribution in [0.1, 0.15) is 47.9 Å². The van der Waals surface area contributed by atoms with Gasteiger partial charge in [0.15, 0.2) is 0 Å². The van der Waals surface area contributed by atoms with Crippen molar-refractivity contribution in [3.8, 4) is 11.4 Å². The van der Waals surface area contributed by atoms with Gasteiger partial charge < -0.3 is 29.6 Å². The van der Waals surface area contributed by atoms with Crippen molar-refractivity contribution in [3.05, 3.63) is 120 Å². The zero-order chi connectivity index (χ0) is 41.2. The lowest BCUT2D eigenvalue weighted by Crippen LogP contribution is -2.49. The van der Waals surface area contributed by atoms with Crippen molar-refractivity contribution < 1.29 is 28.8 Å². The Bertz CT molecular complexity index is 2440. The topological polar surface area (TPSA) is 175 Å². The molecule has 0 fully saturated rings. The van der Waals surface area contributed by atoms with Gasteiger partial charge >= 0.3 is 0 Å². The molecule has 59 heavy (non-hydrogen) atoms. The van der Waals surface area contributed by atoms with Crippen LogP contribution in [0.5, 0.6) is 0 Å². The second kappa shape index (κ2) is 16.4. The maximum Gasteiger partial charge on any atom is 0.261 e. The van der Waals surface area contributed by atoms with E-state index in [0.717, 1.165) is 22.1 Å². The quantitative estimate of drug-likeness (QED) is 0.139. The van der Waals surface area contributed by atoms with Crippen LogP contribution in [0.25, 0.3) is 32.9 Å². The molecule has 4 heterocycles. The summed E-state index contributed by atoms with van der Waals surface area (Å²) in [6.45, 7) is 0.520. The number of carbonyl (C=O) groups excluding carboxylic acids is 6. The van der Waals surface area contributed by atoms with Gasteiger partial charge in [-0.05, 0) is 67.7 Å². The Morgan fingerprint density at radius 1 is 0.576 bits per heavy atom. The Morgan fingerprint density at radius 2 is 1.00 bits per heavy atom. The molecule has 16 nitrogen and oxygen atoms in total. The maximum absolute atomic E-state index is 14.0. The molecule has 4 aromatic carbocycles. The van der Waals surface area contributed by atoms with Crippen molar-refractivity contribution in [1.82, 2.24) is 49.3 Å². The number of hydrogen-bond donors (Lipinski definition) is 2.